The molecule has 1 aromatic heterocycles. The van der Waals surface area contributed by atoms with E-state index < -0.39 is 5.91 Å². The van der Waals surface area contributed by atoms with Crippen molar-refractivity contribution in [2.45, 2.75) is 20.3 Å². The highest BCUT2D eigenvalue weighted by molar-refractivity contribution is 7.11. The molecule has 1 amide bonds. The zero-order valence-electron chi connectivity index (χ0n) is 16.3. The number of nitriles is 1. The van der Waals surface area contributed by atoms with Crippen molar-refractivity contribution in [3.05, 3.63) is 76.2 Å². The maximum atomic E-state index is 11.5. The summed E-state index contributed by atoms with van der Waals surface area (Å²) in [7, 11) is 0. The molecule has 5 nitrogen and oxygen atoms in total. The third-order valence-electron chi connectivity index (χ3n) is 4.31. The van der Waals surface area contributed by atoms with Gasteiger partial charge in [-0.15, -0.1) is 11.3 Å². The van der Waals surface area contributed by atoms with Gasteiger partial charge in [-0.3, -0.25) is 4.79 Å². The first-order chi connectivity index (χ1) is 14.0. The maximum Gasteiger partial charge on any atom is 0.250 e. The van der Waals surface area contributed by atoms with E-state index in [0.29, 0.717) is 27.7 Å². The summed E-state index contributed by atoms with van der Waals surface area (Å²) in [6.45, 7) is 4.40. The minimum atomic E-state index is -0.530. The maximum absolute atomic E-state index is 11.5. The van der Waals surface area contributed by atoms with Gasteiger partial charge in [0.2, 0.25) is 0 Å². The van der Waals surface area contributed by atoms with Gasteiger partial charge in [0.1, 0.15) is 16.6 Å². The molecule has 0 atom stereocenters. The van der Waals surface area contributed by atoms with Gasteiger partial charge in [-0.25, -0.2) is 4.98 Å². The quantitative estimate of drug-likeness (QED) is 0.539. The lowest BCUT2D eigenvalue weighted by atomic mass is 10.0. The van der Waals surface area contributed by atoms with Crippen LogP contribution in [0.3, 0.4) is 0 Å². The number of hydrogen-bond acceptors (Lipinski definition) is 5. The van der Waals surface area contributed by atoms with Crippen LogP contribution >= 0.6 is 11.3 Å². The zero-order chi connectivity index (χ0) is 20.8. The summed E-state index contributed by atoms with van der Waals surface area (Å²) in [5.74, 6) is 0.0831. The van der Waals surface area contributed by atoms with Crippen molar-refractivity contribution >= 4 is 28.5 Å². The SMILES string of the molecule is CC(C)Cc1ccc(-c2csc(C(C#N)=CNc3ccccc3C(N)=O)n2)cc1. The van der Waals surface area contributed by atoms with Gasteiger partial charge in [-0.05, 0) is 30.0 Å². The molecular formula is C23H22N4OS. The highest BCUT2D eigenvalue weighted by Crippen LogP contribution is 2.27. The molecule has 1 heterocycles. The van der Waals surface area contributed by atoms with Gasteiger partial charge in [0.05, 0.1) is 16.9 Å². The fourth-order valence-corrected chi connectivity index (χ4v) is 3.72. The highest BCUT2D eigenvalue weighted by atomic mass is 32.1. The molecule has 0 spiro atoms. The summed E-state index contributed by atoms with van der Waals surface area (Å²) >= 11 is 1.40. The van der Waals surface area contributed by atoms with Crippen LogP contribution in [0.4, 0.5) is 5.69 Å². The number of thiazole rings is 1. The van der Waals surface area contributed by atoms with Gasteiger partial charge in [0, 0.05) is 17.1 Å². The van der Waals surface area contributed by atoms with E-state index in [2.05, 4.69) is 54.5 Å². The van der Waals surface area contributed by atoms with Crippen LogP contribution in [0.2, 0.25) is 0 Å². The molecule has 0 radical (unpaired) electrons. The molecule has 2 aromatic carbocycles. The van der Waals surface area contributed by atoms with Crippen molar-refractivity contribution in [2.75, 3.05) is 5.32 Å². The van der Waals surface area contributed by atoms with Gasteiger partial charge in [-0.1, -0.05) is 50.2 Å². The number of anilines is 1. The van der Waals surface area contributed by atoms with E-state index in [-0.39, 0.29) is 0 Å². The standard InChI is InChI=1S/C23H22N4OS/c1-15(2)11-16-7-9-17(10-8-16)21-14-29-23(27-21)18(12-24)13-26-20-6-4-3-5-19(20)22(25)28/h3-10,13-15,26H,11H2,1-2H3,(H2,25,28). The van der Waals surface area contributed by atoms with Crippen molar-refractivity contribution in [1.29, 1.82) is 5.26 Å². The van der Waals surface area contributed by atoms with Crippen molar-refractivity contribution < 1.29 is 4.79 Å². The normalized spacial score (nSPS) is 11.3. The number of primary amides is 1. The topological polar surface area (TPSA) is 91.8 Å². The Bertz CT molecular complexity index is 1070. The molecule has 3 N–H and O–H groups in total. The Morgan fingerprint density at radius 2 is 1.97 bits per heavy atom. The molecule has 146 valence electrons. The molecule has 6 heteroatoms. The van der Waals surface area contributed by atoms with E-state index in [1.165, 1.54) is 16.9 Å². The minimum absolute atomic E-state index is 0.363. The molecule has 0 aliphatic heterocycles. The summed E-state index contributed by atoms with van der Waals surface area (Å²) < 4.78 is 0. The lowest BCUT2D eigenvalue weighted by Gasteiger charge is -2.06. The summed E-state index contributed by atoms with van der Waals surface area (Å²) in [5, 5.41) is 15.1. The van der Waals surface area contributed by atoms with Crippen LogP contribution in [-0.4, -0.2) is 10.9 Å². The van der Waals surface area contributed by atoms with E-state index in [1.807, 2.05) is 5.38 Å². The number of nitrogens with one attached hydrogen (secondary N) is 1. The first-order valence-electron chi connectivity index (χ1n) is 9.28. The minimum Gasteiger partial charge on any atom is -0.366 e. The van der Waals surface area contributed by atoms with Crippen LogP contribution in [0.1, 0.15) is 34.8 Å². The van der Waals surface area contributed by atoms with Crippen molar-refractivity contribution in [2.24, 2.45) is 11.7 Å². The number of aromatic nitrogens is 1. The van der Waals surface area contributed by atoms with Gasteiger partial charge in [-0.2, -0.15) is 5.26 Å². The molecule has 0 saturated carbocycles. The lowest BCUT2D eigenvalue weighted by Crippen LogP contribution is -2.13. The molecular weight excluding hydrogens is 380 g/mol. The smallest absolute Gasteiger partial charge is 0.250 e. The van der Waals surface area contributed by atoms with E-state index in [4.69, 9.17) is 5.73 Å². The number of allylic oxidation sites excluding steroid dienone is 1. The Balaban J connectivity index is 1.80. The average Bonchev–Trinajstić information content (AvgIpc) is 3.19. The second kappa shape index (κ2) is 9.18. The number of hydrogen-bond donors (Lipinski definition) is 2. The van der Waals surface area contributed by atoms with Gasteiger partial charge in [0.25, 0.3) is 5.91 Å². The van der Waals surface area contributed by atoms with Crippen LogP contribution in [0.25, 0.3) is 16.8 Å². The van der Waals surface area contributed by atoms with Crippen LogP contribution in [-0.2, 0) is 6.42 Å². The summed E-state index contributed by atoms with van der Waals surface area (Å²) in [5.41, 5.74) is 9.84. The second-order valence-corrected chi connectivity index (χ2v) is 7.91. The van der Waals surface area contributed by atoms with Crippen molar-refractivity contribution in [3.8, 4) is 17.3 Å². The molecule has 0 saturated heterocycles. The number of carbonyl (C=O) groups excluding carboxylic acids is 1. The summed E-state index contributed by atoms with van der Waals surface area (Å²) in [6.07, 6.45) is 2.60. The predicted octanol–water partition coefficient (Wildman–Crippen LogP) is 5.08. The Morgan fingerprint density at radius 3 is 2.62 bits per heavy atom. The number of nitrogens with two attached hydrogens (primary N) is 1. The lowest BCUT2D eigenvalue weighted by molar-refractivity contribution is 0.100. The third-order valence-corrected chi connectivity index (χ3v) is 5.19. The first kappa shape index (κ1) is 20.3. The zero-order valence-corrected chi connectivity index (χ0v) is 17.2. The first-order valence-corrected chi connectivity index (χ1v) is 10.2. The van der Waals surface area contributed by atoms with Crippen LogP contribution in [0.5, 0.6) is 0 Å². The van der Waals surface area contributed by atoms with Crippen molar-refractivity contribution in [3.63, 3.8) is 0 Å². The van der Waals surface area contributed by atoms with Crippen LogP contribution < -0.4 is 11.1 Å². The Kier molecular flexibility index (Phi) is 6.43. The van der Waals surface area contributed by atoms with Crippen LogP contribution in [0.15, 0.2) is 60.1 Å². The van der Waals surface area contributed by atoms with Gasteiger partial charge in [0.15, 0.2) is 0 Å². The fraction of sp³-hybridized carbons (Fsp3) is 0.174. The molecule has 0 unspecified atom stereocenters. The number of rotatable bonds is 7. The van der Waals surface area contributed by atoms with E-state index >= 15 is 0 Å². The molecule has 0 bridgehead atoms. The predicted molar refractivity (Wildman–Crippen MR) is 118 cm³/mol. The van der Waals surface area contributed by atoms with Crippen LogP contribution in [0, 0.1) is 17.2 Å². The largest absolute Gasteiger partial charge is 0.366 e. The monoisotopic (exact) mass is 402 g/mol. The third kappa shape index (κ3) is 5.09. The van der Waals surface area contributed by atoms with Crippen molar-refractivity contribution in [1.82, 2.24) is 4.98 Å². The Hall–Kier alpha value is -3.43. The molecule has 0 aliphatic carbocycles. The number of amides is 1. The summed E-state index contributed by atoms with van der Waals surface area (Å²) in [6, 6.07) is 17.4. The Labute approximate surface area is 174 Å². The molecule has 0 fully saturated rings. The van der Waals surface area contributed by atoms with Gasteiger partial charge >= 0.3 is 0 Å². The number of para-hydroxylation sites is 1. The highest BCUT2D eigenvalue weighted by Gasteiger charge is 2.11. The molecule has 29 heavy (non-hydrogen) atoms. The van der Waals surface area contributed by atoms with E-state index in [1.54, 1.807) is 30.5 Å². The van der Waals surface area contributed by atoms with E-state index in [0.717, 1.165) is 17.7 Å². The van der Waals surface area contributed by atoms with E-state index in [9.17, 15) is 10.1 Å². The second-order valence-electron chi connectivity index (χ2n) is 7.06. The van der Waals surface area contributed by atoms with Gasteiger partial charge < -0.3 is 11.1 Å². The molecule has 0 aliphatic rings. The Morgan fingerprint density at radius 1 is 1.24 bits per heavy atom. The number of benzene rings is 2. The fourth-order valence-electron chi connectivity index (χ4n) is 2.93. The average molecular weight is 403 g/mol. The molecule has 3 rings (SSSR count). The number of carbonyl (C=O) groups is 1. The molecule has 3 aromatic rings. The summed E-state index contributed by atoms with van der Waals surface area (Å²) in [4.78, 5) is 16.1. The number of nitrogens with zero attached hydrogens (tertiary/aromatic N) is 2.